The third-order valence-corrected chi connectivity index (χ3v) is 5.63. The zero-order valence-electron chi connectivity index (χ0n) is 13.3. The molecule has 6 heteroatoms. The van der Waals surface area contributed by atoms with E-state index in [2.05, 4.69) is 57.4 Å². The lowest BCUT2D eigenvalue weighted by atomic mass is 10.1. The summed E-state index contributed by atoms with van der Waals surface area (Å²) in [5.74, 6) is 0. The van der Waals surface area contributed by atoms with Crippen LogP contribution >= 0.6 is 22.9 Å². The zero-order chi connectivity index (χ0) is 17.0. The van der Waals surface area contributed by atoms with Crippen molar-refractivity contribution in [2.75, 3.05) is 0 Å². The first-order valence-corrected chi connectivity index (χ1v) is 9.10. The number of thiazole rings is 1. The van der Waals surface area contributed by atoms with Crippen molar-refractivity contribution in [3.63, 3.8) is 0 Å². The highest BCUT2D eigenvalue weighted by atomic mass is 35.5. The molecule has 5 rings (SSSR count). The number of hydrogen-bond acceptors (Lipinski definition) is 3. The van der Waals surface area contributed by atoms with Crippen LogP contribution in [0.4, 0.5) is 0 Å². The number of benzene rings is 1. The molecule has 0 radical (unpaired) electrons. The van der Waals surface area contributed by atoms with Gasteiger partial charge in [-0.2, -0.15) is 0 Å². The van der Waals surface area contributed by atoms with E-state index in [4.69, 9.17) is 16.6 Å². The fourth-order valence-electron chi connectivity index (χ4n) is 3.27. The summed E-state index contributed by atoms with van der Waals surface area (Å²) >= 11 is 7.82. The lowest BCUT2D eigenvalue weighted by Gasteiger charge is -1.96. The molecule has 1 aromatic carbocycles. The third kappa shape index (κ3) is 2.20. The molecular weight excluding hydrogens is 352 g/mol. The van der Waals surface area contributed by atoms with Crippen molar-refractivity contribution in [3.8, 4) is 21.8 Å². The van der Waals surface area contributed by atoms with E-state index in [0.29, 0.717) is 5.15 Å². The summed E-state index contributed by atoms with van der Waals surface area (Å²) in [4.78, 5) is 12.2. The maximum absolute atomic E-state index is 6.16. The summed E-state index contributed by atoms with van der Waals surface area (Å²) in [6, 6.07) is 10.4. The number of aromatic nitrogens is 4. The molecule has 0 bridgehead atoms. The number of halogens is 1. The summed E-state index contributed by atoms with van der Waals surface area (Å²) in [6.45, 7) is 0. The number of fused-ring (bicyclic) bond motifs is 2. The Hall–Kier alpha value is -2.63. The van der Waals surface area contributed by atoms with Gasteiger partial charge in [-0.25, -0.2) is 9.97 Å². The number of H-pyrrole nitrogens is 1. The molecule has 0 aliphatic rings. The molecule has 5 aromatic rings. The van der Waals surface area contributed by atoms with Crippen molar-refractivity contribution in [3.05, 3.63) is 59.5 Å². The Bertz CT molecular complexity index is 1230. The predicted octanol–water partition coefficient (Wildman–Crippen LogP) is 5.50. The first-order valence-electron chi connectivity index (χ1n) is 7.84. The van der Waals surface area contributed by atoms with E-state index in [1.54, 1.807) is 17.5 Å². The standard InChI is InChI=1S/C19H13ClN4S/c1-24-9-14(11-4-2-3-5-16(11)24)19-23-15(10-25-19)13-8-22-17-12(13)6-7-21-18(17)20/h2-10,22H,1H3. The first kappa shape index (κ1) is 14.7. The second-order valence-corrected chi connectivity index (χ2v) is 7.15. The Labute approximate surface area is 152 Å². The number of para-hydroxylation sites is 1. The summed E-state index contributed by atoms with van der Waals surface area (Å²) in [5.41, 5.74) is 5.20. The zero-order valence-corrected chi connectivity index (χ0v) is 14.9. The Morgan fingerprint density at radius 2 is 2.00 bits per heavy atom. The minimum absolute atomic E-state index is 0.480. The van der Waals surface area contributed by atoms with Gasteiger partial charge in [-0.15, -0.1) is 11.3 Å². The Morgan fingerprint density at radius 3 is 2.92 bits per heavy atom. The van der Waals surface area contributed by atoms with E-state index in [-0.39, 0.29) is 0 Å². The summed E-state index contributed by atoms with van der Waals surface area (Å²) in [5, 5.41) is 5.84. The quantitative estimate of drug-likeness (QED) is 0.420. The van der Waals surface area contributed by atoms with E-state index in [9.17, 15) is 0 Å². The van der Waals surface area contributed by atoms with Gasteiger partial charge in [0.05, 0.1) is 11.2 Å². The van der Waals surface area contributed by atoms with Gasteiger partial charge in [-0.3, -0.25) is 0 Å². The molecule has 0 unspecified atom stereocenters. The highest BCUT2D eigenvalue weighted by molar-refractivity contribution is 7.13. The molecule has 25 heavy (non-hydrogen) atoms. The minimum Gasteiger partial charge on any atom is -0.358 e. The van der Waals surface area contributed by atoms with E-state index in [0.717, 1.165) is 32.7 Å². The van der Waals surface area contributed by atoms with E-state index < -0.39 is 0 Å². The van der Waals surface area contributed by atoms with Crippen LogP contribution in [0.1, 0.15) is 0 Å². The van der Waals surface area contributed by atoms with E-state index in [1.807, 2.05) is 12.3 Å². The first-order chi connectivity index (χ1) is 12.2. The van der Waals surface area contributed by atoms with Gasteiger partial charge in [0, 0.05) is 58.4 Å². The van der Waals surface area contributed by atoms with Gasteiger partial charge in [0.25, 0.3) is 0 Å². The fourth-order valence-corrected chi connectivity index (χ4v) is 4.32. The van der Waals surface area contributed by atoms with Crippen LogP contribution in [0.3, 0.4) is 0 Å². The number of rotatable bonds is 2. The smallest absolute Gasteiger partial charge is 0.153 e. The lowest BCUT2D eigenvalue weighted by molar-refractivity contribution is 0.970. The lowest BCUT2D eigenvalue weighted by Crippen LogP contribution is -1.81. The predicted molar refractivity (Wildman–Crippen MR) is 104 cm³/mol. The van der Waals surface area contributed by atoms with Crippen molar-refractivity contribution >= 4 is 44.7 Å². The largest absolute Gasteiger partial charge is 0.358 e. The molecule has 0 saturated carbocycles. The van der Waals surface area contributed by atoms with Gasteiger partial charge < -0.3 is 9.55 Å². The minimum atomic E-state index is 0.480. The maximum Gasteiger partial charge on any atom is 0.153 e. The molecule has 0 aliphatic heterocycles. The Morgan fingerprint density at radius 1 is 1.12 bits per heavy atom. The van der Waals surface area contributed by atoms with Crippen LogP contribution in [0.25, 0.3) is 43.6 Å². The molecule has 0 spiro atoms. The topological polar surface area (TPSA) is 46.5 Å². The van der Waals surface area contributed by atoms with Crippen molar-refractivity contribution in [2.45, 2.75) is 0 Å². The number of aryl methyl sites for hydroxylation is 1. The van der Waals surface area contributed by atoms with E-state index in [1.165, 1.54) is 10.9 Å². The highest BCUT2D eigenvalue weighted by Gasteiger charge is 2.15. The van der Waals surface area contributed by atoms with E-state index >= 15 is 0 Å². The van der Waals surface area contributed by atoms with Gasteiger partial charge in [0.1, 0.15) is 5.01 Å². The molecule has 4 nitrogen and oxygen atoms in total. The van der Waals surface area contributed by atoms with Crippen molar-refractivity contribution in [2.24, 2.45) is 7.05 Å². The number of nitrogens with zero attached hydrogens (tertiary/aromatic N) is 3. The highest BCUT2D eigenvalue weighted by Crippen LogP contribution is 2.37. The van der Waals surface area contributed by atoms with Crippen molar-refractivity contribution < 1.29 is 0 Å². The van der Waals surface area contributed by atoms with Gasteiger partial charge in [-0.1, -0.05) is 29.8 Å². The van der Waals surface area contributed by atoms with Crippen molar-refractivity contribution in [1.29, 1.82) is 0 Å². The van der Waals surface area contributed by atoms with Crippen LogP contribution in [-0.2, 0) is 7.05 Å². The molecule has 0 fully saturated rings. The van der Waals surface area contributed by atoms with Crippen LogP contribution in [0.5, 0.6) is 0 Å². The maximum atomic E-state index is 6.16. The number of aromatic amines is 1. The van der Waals surface area contributed by atoms with Crippen molar-refractivity contribution in [1.82, 2.24) is 19.5 Å². The normalized spacial score (nSPS) is 11.6. The molecule has 4 aromatic heterocycles. The van der Waals surface area contributed by atoms with Gasteiger partial charge in [0.2, 0.25) is 0 Å². The van der Waals surface area contributed by atoms with Gasteiger partial charge in [0.15, 0.2) is 5.15 Å². The summed E-state index contributed by atoms with van der Waals surface area (Å²) in [6.07, 6.45) is 5.81. The molecule has 0 aliphatic carbocycles. The van der Waals surface area contributed by atoms with Crippen LogP contribution in [0.15, 0.2) is 54.3 Å². The number of hydrogen-bond donors (Lipinski definition) is 1. The average molecular weight is 365 g/mol. The number of nitrogens with one attached hydrogen (secondary N) is 1. The molecular formula is C19H13ClN4S. The number of pyridine rings is 1. The molecule has 122 valence electrons. The molecule has 0 amide bonds. The van der Waals surface area contributed by atoms with Crippen LogP contribution in [0.2, 0.25) is 5.15 Å². The van der Waals surface area contributed by atoms with Crippen LogP contribution < -0.4 is 0 Å². The van der Waals surface area contributed by atoms with Gasteiger partial charge >= 0.3 is 0 Å². The third-order valence-electron chi connectivity index (χ3n) is 4.46. The van der Waals surface area contributed by atoms with Crippen LogP contribution in [-0.4, -0.2) is 19.5 Å². The second-order valence-electron chi connectivity index (χ2n) is 5.94. The van der Waals surface area contributed by atoms with Gasteiger partial charge in [-0.05, 0) is 12.1 Å². The SMILES string of the molecule is Cn1cc(-c2nc(-c3c[nH]c4c(Cl)nccc34)cs2)c2ccccc21. The second kappa shape index (κ2) is 5.44. The average Bonchev–Trinajstić information content (AvgIpc) is 3.32. The fraction of sp³-hybridized carbons (Fsp3) is 0.0526. The summed E-state index contributed by atoms with van der Waals surface area (Å²) < 4.78 is 2.14. The molecule has 0 saturated heterocycles. The monoisotopic (exact) mass is 364 g/mol. The molecule has 1 N–H and O–H groups in total. The Balaban J connectivity index is 1.67. The Kier molecular flexibility index (Phi) is 3.20. The van der Waals surface area contributed by atoms with Crippen LogP contribution in [0, 0.1) is 0 Å². The summed E-state index contributed by atoms with van der Waals surface area (Å²) in [7, 11) is 2.06. The molecule has 0 atom stereocenters. The molecule has 4 heterocycles.